The molecule has 0 aliphatic heterocycles. The first-order valence-electron chi connectivity index (χ1n) is 20.5. The number of allylic oxidation sites excluding steroid dienone is 18. The first-order chi connectivity index (χ1) is 26.6. The maximum atomic E-state index is 12.7. The van der Waals surface area contributed by atoms with Gasteiger partial charge in [0.2, 0.25) is 0 Å². The molecule has 8 heteroatoms. The molecule has 0 radical (unpaired) electrons. The van der Waals surface area contributed by atoms with Gasteiger partial charge in [0.05, 0.1) is 34.4 Å². The number of aliphatic carboxylic acids is 1. The van der Waals surface area contributed by atoms with E-state index in [1.807, 2.05) is 81.9 Å². The Hall–Kier alpha value is -4.01. The fourth-order valence-corrected chi connectivity index (χ4v) is 5.19. The van der Waals surface area contributed by atoms with Gasteiger partial charge >= 0.3 is 17.9 Å². The van der Waals surface area contributed by atoms with Crippen LogP contribution in [-0.2, 0) is 28.6 Å². The van der Waals surface area contributed by atoms with Crippen molar-refractivity contribution in [3.63, 3.8) is 0 Å². The zero-order chi connectivity index (χ0) is 40.7. The van der Waals surface area contributed by atoms with Crippen molar-refractivity contribution in [1.82, 2.24) is 0 Å². The molecule has 0 aromatic rings. The molecule has 0 saturated heterocycles. The average molecular weight is 765 g/mol. The molecule has 0 bridgehead atoms. The number of rotatable bonds is 34. The summed E-state index contributed by atoms with van der Waals surface area (Å²) in [7, 11) is 5.48. The fourth-order valence-electron chi connectivity index (χ4n) is 5.19. The van der Waals surface area contributed by atoms with Crippen molar-refractivity contribution in [2.24, 2.45) is 0 Å². The van der Waals surface area contributed by atoms with Crippen molar-refractivity contribution in [3.05, 3.63) is 109 Å². The van der Waals surface area contributed by atoms with Crippen LogP contribution in [0.1, 0.15) is 117 Å². The molecule has 8 nitrogen and oxygen atoms in total. The minimum absolute atomic E-state index is 0.0270. The zero-order valence-electron chi connectivity index (χ0n) is 34.8. The molecule has 0 saturated carbocycles. The molecule has 0 aromatic carbocycles. The standard InChI is InChI=1S/C47H73NO7/c1-6-8-10-12-14-16-18-20-22-23-24-26-28-30-32-34-36-38-46(50)55-43(41-53-40-39-44(47(51)52)48(3,4)5)42-54-45(49)37-35-33-31-29-27-25-21-19-17-15-13-11-9-7-2/h8-12,14-18,20-26,28,43-44H,6-7,13,19,27,29-42H2,1-5H3/p+1/b10-8+,11-9+,14-12+,17-15+,18-16+,22-20+,24-23+,25-21+,28-26+. The highest BCUT2D eigenvalue weighted by Gasteiger charge is 2.31. The average Bonchev–Trinajstić information content (AvgIpc) is 3.14. The topological polar surface area (TPSA) is 99.1 Å². The van der Waals surface area contributed by atoms with E-state index in [1.165, 1.54) is 0 Å². The third-order valence-electron chi connectivity index (χ3n) is 8.33. The summed E-state index contributed by atoms with van der Waals surface area (Å²) in [5.41, 5.74) is 0. The van der Waals surface area contributed by atoms with Gasteiger partial charge < -0.3 is 23.8 Å². The molecular formula is C47H74NO7+. The minimum Gasteiger partial charge on any atom is -0.477 e. The van der Waals surface area contributed by atoms with E-state index in [4.69, 9.17) is 14.2 Å². The maximum Gasteiger partial charge on any atom is 0.362 e. The number of carbonyl (C=O) groups is 3. The molecule has 2 atom stereocenters. The summed E-state index contributed by atoms with van der Waals surface area (Å²) in [4.78, 5) is 36.9. The first kappa shape index (κ1) is 51.0. The number of ether oxygens (including phenoxy) is 3. The minimum atomic E-state index is -0.893. The number of carboxylic acids is 1. The quantitative estimate of drug-likeness (QED) is 0.0229. The molecule has 1 N–H and O–H groups in total. The molecule has 0 fully saturated rings. The molecule has 0 aliphatic rings. The molecule has 308 valence electrons. The Bertz CT molecular complexity index is 1260. The van der Waals surface area contributed by atoms with Crippen molar-refractivity contribution < 1.29 is 38.2 Å². The van der Waals surface area contributed by atoms with Gasteiger partial charge in [0.15, 0.2) is 12.1 Å². The van der Waals surface area contributed by atoms with Crippen LogP contribution in [0, 0.1) is 0 Å². The van der Waals surface area contributed by atoms with Crippen molar-refractivity contribution in [2.75, 3.05) is 41.0 Å². The predicted octanol–water partition coefficient (Wildman–Crippen LogP) is 10.9. The second kappa shape index (κ2) is 36.9. The normalized spacial score (nSPS) is 14.1. The highest BCUT2D eigenvalue weighted by atomic mass is 16.6. The largest absolute Gasteiger partial charge is 0.477 e. The molecule has 55 heavy (non-hydrogen) atoms. The number of nitrogens with zero attached hydrogens (tertiary/aromatic N) is 1. The van der Waals surface area contributed by atoms with Crippen molar-refractivity contribution >= 4 is 17.9 Å². The van der Waals surface area contributed by atoms with Gasteiger partial charge in [-0.15, -0.1) is 0 Å². The van der Waals surface area contributed by atoms with Gasteiger partial charge in [0.1, 0.15) is 6.61 Å². The number of hydrogen-bond acceptors (Lipinski definition) is 6. The van der Waals surface area contributed by atoms with Crippen LogP contribution in [0.15, 0.2) is 109 Å². The highest BCUT2D eigenvalue weighted by Crippen LogP contribution is 2.12. The Labute approximate surface area is 334 Å². The third-order valence-corrected chi connectivity index (χ3v) is 8.33. The van der Waals surface area contributed by atoms with Gasteiger partial charge in [-0.1, -0.05) is 142 Å². The molecule has 0 amide bonds. The Kier molecular flexibility index (Phi) is 34.2. The second-order valence-electron chi connectivity index (χ2n) is 14.3. The summed E-state index contributed by atoms with van der Waals surface area (Å²) in [5.74, 6) is -1.58. The lowest BCUT2D eigenvalue weighted by Gasteiger charge is -2.31. The number of unbranched alkanes of at least 4 members (excludes halogenated alkanes) is 7. The van der Waals surface area contributed by atoms with E-state index in [0.717, 1.165) is 77.0 Å². The lowest BCUT2D eigenvalue weighted by atomic mass is 10.1. The van der Waals surface area contributed by atoms with Gasteiger partial charge in [0.25, 0.3) is 0 Å². The molecular weight excluding hydrogens is 691 g/mol. The van der Waals surface area contributed by atoms with Crippen LogP contribution in [0.25, 0.3) is 0 Å². The number of hydrogen-bond donors (Lipinski definition) is 1. The molecule has 0 aliphatic carbocycles. The monoisotopic (exact) mass is 765 g/mol. The Balaban J connectivity index is 4.56. The van der Waals surface area contributed by atoms with Crippen LogP contribution in [0.5, 0.6) is 0 Å². The van der Waals surface area contributed by atoms with E-state index < -0.39 is 18.1 Å². The summed E-state index contributed by atoms with van der Waals surface area (Å²) in [6.45, 7) is 4.36. The molecule has 0 rings (SSSR count). The summed E-state index contributed by atoms with van der Waals surface area (Å²) < 4.78 is 17.2. The number of quaternary nitrogens is 1. The van der Waals surface area contributed by atoms with Gasteiger partial charge in [0, 0.05) is 19.3 Å². The van der Waals surface area contributed by atoms with E-state index in [2.05, 4.69) is 62.5 Å². The predicted molar refractivity (Wildman–Crippen MR) is 229 cm³/mol. The Morgan fingerprint density at radius 3 is 1.64 bits per heavy atom. The molecule has 0 spiro atoms. The van der Waals surface area contributed by atoms with E-state index in [1.54, 1.807) is 0 Å². The number of esters is 2. The highest BCUT2D eigenvalue weighted by molar-refractivity contribution is 5.72. The van der Waals surface area contributed by atoms with Crippen LogP contribution in [0.3, 0.4) is 0 Å². The SMILES string of the molecule is CC/C=C/C=C/C=C/C=C/C=C/C=C/CCCCCC(=O)OC(COCCC(C(=O)O)[N+](C)(C)C)COC(=O)CCCCCC/C=C/C/C=C/C/C=C/CC. The fraction of sp³-hybridized carbons (Fsp3) is 0.553. The molecule has 2 unspecified atom stereocenters. The number of carbonyl (C=O) groups excluding carboxylic acids is 2. The van der Waals surface area contributed by atoms with Crippen molar-refractivity contribution in [2.45, 2.75) is 129 Å². The summed E-state index contributed by atoms with van der Waals surface area (Å²) in [6.07, 6.45) is 49.9. The third kappa shape index (κ3) is 35.4. The summed E-state index contributed by atoms with van der Waals surface area (Å²) in [5, 5.41) is 9.60. The summed E-state index contributed by atoms with van der Waals surface area (Å²) >= 11 is 0. The van der Waals surface area contributed by atoms with Crippen molar-refractivity contribution in [3.8, 4) is 0 Å². The van der Waals surface area contributed by atoms with Crippen molar-refractivity contribution in [1.29, 1.82) is 0 Å². The van der Waals surface area contributed by atoms with Crippen LogP contribution >= 0.6 is 0 Å². The molecule has 0 aromatic heterocycles. The van der Waals surface area contributed by atoms with Gasteiger partial charge in [-0.3, -0.25) is 9.59 Å². The smallest absolute Gasteiger partial charge is 0.362 e. The summed E-state index contributed by atoms with van der Waals surface area (Å²) in [6, 6.07) is -0.633. The lowest BCUT2D eigenvalue weighted by Crippen LogP contribution is -2.50. The maximum absolute atomic E-state index is 12.7. The van der Waals surface area contributed by atoms with Crippen LogP contribution in [-0.4, -0.2) is 80.6 Å². The Morgan fingerprint density at radius 1 is 0.564 bits per heavy atom. The van der Waals surface area contributed by atoms with Crippen LogP contribution < -0.4 is 0 Å². The van der Waals surface area contributed by atoms with E-state index in [-0.39, 0.29) is 42.7 Å². The Morgan fingerprint density at radius 2 is 1.05 bits per heavy atom. The van der Waals surface area contributed by atoms with Gasteiger partial charge in [-0.2, -0.15) is 0 Å². The number of likely N-dealkylation sites (N-methyl/N-ethyl adjacent to an activating group) is 1. The molecule has 0 heterocycles. The van der Waals surface area contributed by atoms with Gasteiger partial charge in [-0.05, 0) is 64.2 Å². The van der Waals surface area contributed by atoms with E-state index >= 15 is 0 Å². The lowest BCUT2D eigenvalue weighted by molar-refractivity contribution is -0.887. The second-order valence-corrected chi connectivity index (χ2v) is 14.3. The van der Waals surface area contributed by atoms with E-state index in [0.29, 0.717) is 19.3 Å². The van der Waals surface area contributed by atoms with Crippen LogP contribution in [0.4, 0.5) is 0 Å². The van der Waals surface area contributed by atoms with Crippen LogP contribution in [0.2, 0.25) is 0 Å². The zero-order valence-corrected chi connectivity index (χ0v) is 34.8. The van der Waals surface area contributed by atoms with E-state index in [9.17, 15) is 19.5 Å². The first-order valence-corrected chi connectivity index (χ1v) is 20.5. The van der Waals surface area contributed by atoms with Gasteiger partial charge in [-0.25, -0.2) is 4.79 Å². The number of carboxylic acid groups (broad SMARTS) is 1.